The molecule has 0 bridgehead atoms. The molecule has 0 saturated heterocycles. The van der Waals surface area contributed by atoms with Crippen LogP contribution in [-0.4, -0.2) is 30.1 Å². The van der Waals surface area contributed by atoms with Crippen molar-refractivity contribution in [2.45, 2.75) is 19.6 Å². The van der Waals surface area contributed by atoms with Crippen molar-refractivity contribution in [3.63, 3.8) is 0 Å². The molecule has 0 aliphatic rings. The van der Waals surface area contributed by atoms with Gasteiger partial charge in [0, 0.05) is 17.5 Å². The third-order valence-corrected chi connectivity index (χ3v) is 4.02. The number of aromatic nitrogens is 6. The Morgan fingerprint density at radius 1 is 1.11 bits per heavy atom. The van der Waals surface area contributed by atoms with Crippen molar-refractivity contribution >= 4 is 16.9 Å². The van der Waals surface area contributed by atoms with Crippen LogP contribution < -0.4 is 5.73 Å². The molecular formula is C16H12F3N7O. The molecule has 0 aliphatic heterocycles. The molecule has 11 heteroatoms. The van der Waals surface area contributed by atoms with E-state index < -0.39 is 11.9 Å². The smallest absolute Gasteiger partial charge is 0.396 e. The van der Waals surface area contributed by atoms with Crippen LogP contribution in [0.25, 0.3) is 22.6 Å². The van der Waals surface area contributed by atoms with Crippen molar-refractivity contribution in [3.05, 3.63) is 47.4 Å². The minimum absolute atomic E-state index is 0.127. The quantitative estimate of drug-likeness (QED) is 0.586. The number of fused-ring (bicyclic) bond motifs is 1. The Morgan fingerprint density at radius 2 is 1.93 bits per heavy atom. The number of alkyl halides is 3. The van der Waals surface area contributed by atoms with Crippen LogP contribution in [0.15, 0.2) is 35.1 Å². The predicted molar refractivity (Wildman–Crippen MR) is 88.3 cm³/mol. The van der Waals surface area contributed by atoms with Crippen molar-refractivity contribution < 1.29 is 17.8 Å². The zero-order chi connectivity index (χ0) is 19.2. The van der Waals surface area contributed by atoms with Gasteiger partial charge in [0.15, 0.2) is 5.52 Å². The maximum atomic E-state index is 12.8. The molecule has 0 radical (unpaired) electrons. The number of nitrogens with zero attached hydrogens (tertiary/aromatic N) is 6. The zero-order valence-electron chi connectivity index (χ0n) is 13.9. The lowest BCUT2D eigenvalue weighted by atomic mass is 10.1. The Balaban J connectivity index is 1.66. The van der Waals surface area contributed by atoms with E-state index in [4.69, 9.17) is 5.73 Å². The topological polar surface area (TPSA) is 109 Å². The average Bonchev–Trinajstić information content (AvgIpc) is 3.27. The molecule has 0 unspecified atom stereocenters. The Hall–Kier alpha value is -3.50. The van der Waals surface area contributed by atoms with Crippen molar-refractivity contribution in [2.24, 2.45) is 0 Å². The summed E-state index contributed by atoms with van der Waals surface area (Å²) in [4.78, 5) is 7.91. The molecule has 0 spiro atoms. The van der Waals surface area contributed by atoms with Crippen LogP contribution in [0.5, 0.6) is 0 Å². The standard InChI is InChI=1S/C16H12F3N7O/c1-8-9(13(20)14-15(21-8)25-27-24-14)7-26-6-5-11(23-26)10-3-2-4-12(22-10)16(17,18)19/h2-6H,7,20H2,1H3. The summed E-state index contributed by atoms with van der Waals surface area (Å²) >= 11 is 0. The van der Waals surface area contributed by atoms with E-state index in [1.165, 1.54) is 16.8 Å². The van der Waals surface area contributed by atoms with Gasteiger partial charge < -0.3 is 5.73 Å². The number of nitrogens with two attached hydrogens (primary N) is 1. The number of aryl methyl sites for hydroxylation is 1. The fraction of sp³-hybridized carbons (Fsp3) is 0.188. The molecule has 4 heterocycles. The van der Waals surface area contributed by atoms with Gasteiger partial charge >= 0.3 is 6.18 Å². The van der Waals surface area contributed by atoms with Gasteiger partial charge in [-0.25, -0.2) is 14.6 Å². The number of pyridine rings is 2. The second kappa shape index (κ2) is 6.04. The number of hydrogen-bond acceptors (Lipinski definition) is 7. The Bertz CT molecular complexity index is 1130. The summed E-state index contributed by atoms with van der Waals surface area (Å²) in [5, 5.41) is 11.7. The summed E-state index contributed by atoms with van der Waals surface area (Å²) in [7, 11) is 0. The van der Waals surface area contributed by atoms with Gasteiger partial charge in [-0.2, -0.15) is 18.3 Å². The van der Waals surface area contributed by atoms with E-state index in [0.29, 0.717) is 33.8 Å². The predicted octanol–water partition coefficient (Wildman–Crippen LogP) is 2.83. The Morgan fingerprint density at radius 3 is 2.70 bits per heavy atom. The molecule has 138 valence electrons. The first-order valence-electron chi connectivity index (χ1n) is 7.78. The number of anilines is 1. The summed E-state index contributed by atoms with van der Waals surface area (Å²) < 4.78 is 44.7. The van der Waals surface area contributed by atoms with Gasteiger partial charge in [-0.3, -0.25) is 4.68 Å². The van der Waals surface area contributed by atoms with E-state index in [2.05, 4.69) is 30.0 Å². The Labute approximate surface area is 149 Å². The van der Waals surface area contributed by atoms with Crippen molar-refractivity contribution in [1.82, 2.24) is 30.1 Å². The molecule has 4 aromatic heterocycles. The normalized spacial score (nSPS) is 12.0. The van der Waals surface area contributed by atoms with Crippen molar-refractivity contribution in [2.75, 3.05) is 5.73 Å². The number of halogens is 3. The van der Waals surface area contributed by atoms with Gasteiger partial charge in [0.05, 0.1) is 17.9 Å². The zero-order valence-corrected chi connectivity index (χ0v) is 13.9. The summed E-state index contributed by atoms with van der Waals surface area (Å²) in [5.41, 5.74) is 7.92. The van der Waals surface area contributed by atoms with E-state index in [9.17, 15) is 13.2 Å². The SMILES string of the molecule is Cc1nc2nonc2c(N)c1Cn1ccc(-c2cccc(C(F)(F)F)n2)n1. The molecule has 4 rings (SSSR count). The summed E-state index contributed by atoms with van der Waals surface area (Å²) in [5.74, 6) is 0. The van der Waals surface area contributed by atoms with Crippen LogP contribution in [0.2, 0.25) is 0 Å². The van der Waals surface area contributed by atoms with Crippen molar-refractivity contribution in [3.8, 4) is 11.4 Å². The van der Waals surface area contributed by atoms with Gasteiger partial charge in [-0.05, 0) is 35.4 Å². The molecule has 2 N–H and O–H groups in total. The van der Waals surface area contributed by atoms with Crippen LogP contribution in [0.3, 0.4) is 0 Å². The fourth-order valence-electron chi connectivity index (χ4n) is 2.67. The molecule has 0 amide bonds. The molecule has 0 aliphatic carbocycles. The second-order valence-electron chi connectivity index (χ2n) is 5.83. The van der Waals surface area contributed by atoms with Crippen LogP contribution >= 0.6 is 0 Å². The maximum Gasteiger partial charge on any atom is 0.433 e. The first-order chi connectivity index (χ1) is 12.8. The molecule has 0 fully saturated rings. The molecule has 0 saturated carbocycles. The van der Waals surface area contributed by atoms with Crippen LogP contribution in [0, 0.1) is 6.92 Å². The largest absolute Gasteiger partial charge is 0.433 e. The molecule has 27 heavy (non-hydrogen) atoms. The van der Waals surface area contributed by atoms with Crippen LogP contribution in [0.4, 0.5) is 18.9 Å². The van der Waals surface area contributed by atoms with E-state index >= 15 is 0 Å². The van der Waals surface area contributed by atoms with E-state index in [1.54, 1.807) is 19.2 Å². The highest BCUT2D eigenvalue weighted by Crippen LogP contribution is 2.29. The highest BCUT2D eigenvalue weighted by atomic mass is 19.4. The van der Waals surface area contributed by atoms with Crippen LogP contribution in [-0.2, 0) is 12.7 Å². The number of rotatable bonds is 3. The van der Waals surface area contributed by atoms with Crippen LogP contribution in [0.1, 0.15) is 17.0 Å². The molecule has 8 nitrogen and oxygen atoms in total. The van der Waals surface area contributed by atoms with Gasteiger partial charge in [0.2, 0.25) is 5.65 Å². The lowest BCUT2D eigenvalue weighted by Crippen LogP contribution is -2.09. The van der Waals surface area contributed by atoms with Gasteiger partial charge in [-0.15, -0.1) is 0 Å². The molecule has 0 atom stereocenters. The monoisotopic (exact) mass is 375 g/mol. The minimum Gasteiger partial charge on any atom is -0.396 e. The third-order valence-electron chi connectivity index (χ3n) is 4.02. The summed E-state index contributed by atoms with van der Waals surface area (Å²) in [6.07, 6.45) is -2.89. The molecule has 4 aromatic rings. The van der Waals surface area contributed by atoms with E-state index in [0.717, 1.165) is 6.07 Å². The highest BCUT2D eigenvalue weighted by Gasteiger charge is 2.32. The van der Waals surface area contributed by atoms with Gasteiger partial charge in [0.1, 0.15) is 11.4 Å². The first-order valence-corrected chi connectivity index (χ1v) is 7.78. The van der Waals surface area contributed by atoms with E-state index in [1.807, 2.05) is 0 Å². The van der Waals surface area contributed by atoms with E-state index in [-0.39, 0.29) is 12.2 Å². The number of nitrogen functional groups attached to an aromatic ring is 1. The minimum atomic E-state index is -4.52. The molecular weight excluding hydrogens is 363 g/mol. The first kappa shape index (κ1) is 16.9. The van der Waals surface area contributed by atoms with Gasteiger partial charge in [0.25, 0.3) is 0 Å². The average molecular weight is 375 g/mol. The lowest BCUT2D eigenvalue weighted by Gasteiger charge is -2.09. The number of hydrogen-bond donors (Lipinski definition) is 1. The van der Waals surface area contributed by atoms with Gasteiger partial charge in [-0.1, -0.05) is 6.07 Å². The third kappa shape index (κ3) is 3.07. The second-order valence-corrected chi connectivity index (χ2v) is 5.83. The maximum absolute atomic E-state index is 12.8. The highest BCUT2D eigenvalue weighted by molar-refractivity contribution is 5.85. The molecule has 0 aromatic carbocycles. The van der Waals surface area contributed by atoms with Crippen molar-refractivity contribution in [1.29, 1.82) is 0 Å². The summed E-state index contributed by atoms with van der Waals surface area (Å²) in [6, 6.07) is 5.26. The lowest BCUT2D eigenvalue weighted by molar-refractivity contribution is -0.141. The fourth-order valence-corrected chi connectivity index (χ4v) is 2.67. The summed E-state index contributed by atoms with van der Waals surface area (Å²) in [6.45, 7) is 2.02. The Kier molecular flexibility index (Phi) is 3.79.